The Kier molecular flexibility index (Phi) is 6.05. The molecule has 2 rings (SSSR count). The Morgan fingerprint density at radius 3 is 3.05 bits per heavy atom. The predicted octanol–water partition coefficient (Wildman–Crippen LogP) is 3.07. The zero-order valence-corrected chi connectivity index (χ0v) is 12.9. The molecule has 0 amide bonds. The summed E-state index contributed by atoms with van der Waals surface area (Å²) < 4.78 is 7.80. The number of hydrogen-bond donors (Lipinski definition) is 1. The number of rotatable bonds is 7. The van der Waals surface area contributed by atoms with Gasteiger partial charge < -0.3 is 10.5 Å². The van der Waals surface area contributed by atoms with Gasteiger partial charge >= 0.3 is 0 Å². The molecule has 0 bridgehead atoms. The van der Waals surface area contributed by atoms with Gasteiger partial charge in [-0.2, -0.15) is 5.10 Å². The van der Waals surface area contributed by atoms with Gasteiger partial charge in [-0.3, -0.25) is 4.68 Å². The van der Waals surface area contributed by atoms with E-state index in [0.29, 0.717) is 12.1 Å². The second kappa shape index (κ2) is 7.79. The third-order valence-corrected chi connectivity index (χ3v) is 4.31. The molecule has 3 atom stereocenters. The van der Waals surface area contributed by atoms with E-state index < -0.39 is 0 Å². The standard InChI is InChI=1S/C16H29N3O/c1-3-13(2)19-10-9-15(18-19)12-14(17)7-8-16-6-4-5-11-20-16/h9-10,13-14,16H,3-8,11-12,17H2,1-2H3. The summed E-state index contributed by atoms with van der Waals surface area (Å²) in [5.41, 5.74) is 7.35. The van der Waals surface area contributed by atoms with Gasteiger partial charge in [-0.15, -0.1) is 0 Å². The molecule has 1 saturated heterocycles. The predicted molar refractivity (Wildman–Crippen MR) is 81.7 cm³/mol. The maximum Gasteiger partial charge on any atom is 0.0640 e. The van der Waals surface area contributed by atoms with Gasteiger partial charge in [-0.05, 0) is 51.5 Å². The van der Waals surface area contributed by atoms with E-state index in [-0.39, 0.29) is 6.04 Å². The van der Waals surface area contributed by atoms with E-state index in [4.69, 9.17) is 10.5 Å². The topological polar surface area (TPSA) is 53.1 Å². The van der Waals surface area contributed by atoms with Crippen LogP contribution < -0.4 is 5.73 Å². The van der Waals surface area contributed by atoms with E-state index in [0.717, 1.165) is 38.0 Å². The molecular formula is C16H29N3O. The van der Waals surface area contributed by atoms with Gasteiger partial charge in [-0.25, -0.2) is 0 Å². The van der Waals surface area contributed by atoms with Crippen LogP contribution in [0.15, 0.2) is 12.3 Å². The molecule has 20 heavy (non-hydrogen) atoms. The summed E-state index contributed by atoms with van der Waals surface area (Å²) >= 11 is 0. The smallest absolute Gasteiger partial charge is 0.0640 e. The number of aromatic nitrogens is 2. The van der Waals surface area contributed by atoms with Gasteiger partial charge in [-0.1, -0.05) is 6.92 Å². The van der Waals surface area contributed by atoms with Crippen LogP contribution in [0.2, 0.25) is 0 Å². The SMILES string of the molecule is CCC(C)n1ccc(CC(N)CCC2CCCCO2)n1. The molecule has 1 aromatic heterocycles. The summed E-state index contributed by atoms with van der Waals surface area (Å²) in [6.07, 6.45) is 10.3. The van der Waals surface area contributed by atoms with E-state index in [9.17, 15) is 0 Å². The number of nitrogens with two attached hydrogens (primary N) is 1. The molecule has 0 aliphatic carbocycles. The highest BCUT2D eigenvalue weighted by molar-refractivity contribution is 5.02. The number of ether oxygens (including phenoxy) is 1. The first kappa shape index (κ1) is 15.5. The summed E-state index contributed by atoms with van der Waals surface area (Å²) in [5, 5.41) is 4.62. The summed E-state index contributed by atoms with van der Waals surface area (Å²) in [4.78, 5) is 0. The molecule has 1 fully saturated rings. The van der Waals surface area contributed by atoms with Gasteiger partial charge in [0.1, 0.15) is 0 Å². The van der Waals surface area contributed by atoms with Crippen molar-refractivity contribution >= 4 is 0 Å². The highest BCUT2D eigenvalue weighted by atomic mass is 16.5. The van der Waals surface area contributed by atoms with Crippen LogP contribution in [-0.2, 0) is 11.2 Å². The molecule has 2 heterocycles. The first-order chi connectivity index (χ1) is 9.69. The van der Waals surface area contributed by atoms with Gasteiger partial charge in [0.25, 0.3) is 0 Å². The maximum absolute atomic E-state index is 6.24. The van der Waals surface area contributed by atoms with E-state index in [1.54, 1.807) is 0 Å². The van der Waals surface area contributed by atoms with Crippen molar-refractivity contribution in [3.63, 3.8) is 0 Å². The van der Waals surface area contributed by atoms with Gasteiger partial charge in [0.2, 0.25) is 0 Å². The summed E-state index contributed by atoms with van der Waals surface area (Å²) in [7, 11) is 0. The lowest BCUT2D eigenvalue weighted by Gasteiger charge is -2.23. The lowest BCUT2D eigenvalue weighted by atomic mass is 10.00. The monoisotopic (exact) mass is 279 g/mol. The minimum Gasteiger partial charge on any atom is -0.378 e. The van der Waals surface area contributed by atoms with Crippen molar-refractivity contribution in [3.05, 3.63) is 18.0 Å². The number of nitrogens with zero attached hydrogens (tertiary/aromatic N) is 2. The summed E-state index contributed by atoms with van der Waals surface area (Å²) in [6, 6.07) is 2.76. The average molecular weight is 279 g/mol. The summed E-state index contributed by atoms with van der Waals surface area (Å²) in [6.45, 7) is 5.30. The molecule has 0 saturated carbocycles. The van der Waals surface area contributed by atoms with Crippen LogP contribution in [0.3, 0.4) is 0 Å². The molecular weight excluding hydrogens is 250 g/mol. The maximum atomic E-state index is 6.24. The van der Waals surface area contributed by atoms with E-state index in [1.165, 1.54) is 19.3 Å². The molecule has 0 aromatic carbocycles. The largest absolute Gasteiger partial charge is 0.378 e. The lowest BCUT2D eigenvalue weighted by molar-refractivity contribution is 0.00914. The van der Waals surface area contributed by atoms with Crippen LogP contribution in [0.5, 0.6) is 0 Å². The van der Waals surface area contributed by atoms with Crippen molar-refractivity contribution in [1.29, 1.82) is 0 Å². The van der Waals surface area contributed by atoms with Crippen molar-refractivity contribution in [2.75, 3.05) is 6.61 Å². The molecule has 0 radical (unpaired) electrons. The van der Waals surface area contributed by atoms with E-state index >= 15 is 0 Å². The van der Waals surface area contributed by atoms with Gasteiger partial charge in [0, 0.05) is 31.3 Å². The third kappa shape index (κ3) is 4.60. The first-order valence-electron chi connectivity index (χ1n) is 8.10. The highest BCUT2D eigenvalue weighted by Crippen LogP contribution is 2.18. The zero-order chi connectivity index (χ0) is 14.4. The van der Waals surface area contributed by atoms with Crippen molar-refractivity contribution in [3.8, 4) is 0 Å². The van der Waals surface area contributed by atoms with E-state index in [2.05, 4.69) is 31.2 Å². The van der Waals surface area contributed by atoms with E-state index in [1.807, 2.05) is 4.68 Å². The Morgan fingerprint density at radius 2 is 2.35 bits per heavy atom. The molecule has 4 heteroatoms. The van der Waals surface area contributed by atoms with Crippen LogP contribution in [0, 0.1) is 0 Å². The van der Waals surface area contributed by atoms with Crippen LogP contribution in [-0.4, -0.2) is 28.5 Å². The molecule has 1 aromatic rings. The fourth-order valence-corrected chi connectivity index (χ4v) is 2.72. The van der Waals surface area contributed by atoms with Crippen LogP contribution in [0.25, 0.3) is 0 Å². The minimum absolute atomic E-state index is 0.195. The molecule has 4 nitrogen and oxygen atoms in total. The second-order valence-corrected chi connectivity index (χ2v) is 6.07. The summed E-state index contributed by atoms with van der Waals surface area (Å²) in [5.74, 6) is 0. The average Bonchev–Trinajstić information content (AvgIpc) is 2.94. The van der Waals surface area contributed by atoms with Crippen LogP contribution >= 0.6 is 0 Å². The van der Waals surface area contributed by atoms with Gasteiger partial charge in [0.05, 0.1) is 11.8 Å². The molecule has 0 spiro atoms. The van der Waals surface area contributed by atoms with Crippen LogP contribution in [0.4, 0.5) is 0 Å². The molecule has 1 aliphatic rings. The number of hydrogen-bond acceptors (Lipinski definition) is 3. The molecule has 114 valence electrons. The molecule has 3 unspecified atom stereocenters. The van der Waals surface area contributed by atoms with Crippen LogP contribution in [0.1, 0.15) is 64.1 Å². The quantitative estimate of drug-likeness (QED) is 0.834. The van der Waals surface area contributed by atoms with Crippen molar-refractivity contribution < 1.29 is 4.74 Å². The minimum atomic E-state index is 0.195. The Morgan fingerprint density at radius 1 is 1.50 bits per heavy atom. The third-order valence-electron chi connectivity index (χ3n) is 4.31. The fraction of sp³-hybridized carbons (Fsp3) is 0.812. The lowest BCUT2D eigenvalue weighted by Crippen LogP contribution is -2.27. The fourth-order valence-electron chi connectivity index (χ4n) is 2.72. The highest BCUT2D eigenvalue weighted by Gasteiger charge is 2.16. The normalized spacial score (nSPS) is 22.6. The zero-order valence-electron chi connectivity index (χ0n) is 12.9. The van der Waals surface area contributed by atoms with Gasteiger partial charge in [0.15, 0.2) is 0 Å². The Hall–Kier alpha value is -0.870. The Bertz CT molecular complexity index is 385. The Balaban J connectivity index is 1.73. The van der Waals surface area contributed by atoms with Crippen molar-refractivity contribution in [2.45, 2.75) is 77.0 Å². The first-order valence-corrected chi connectivity index (χ1v) is 8.10. The van der Waals surface area contributed by atoms with Crippen molar-refractivity contribution in [1.82, 2.24) is 9.78 Å². The molecule has 2 N–H and O–H groups in total. The molecule has 1 aliphatic heterocycles. The second-order valence-electron chi connectivity index (χ2n) is 6.07. The van der Waals surface area contributed by atoms with Crippen molar-refractivity contribution in [2.24, 2.45) is 5.73 Å². The Labute approximate surface area is 122 Å².